The highest BCUT2D eigenvalue weighted by atomic mass is 35.5. The van der Waals surface area contributed by atoms with E-state index < -0.39 is 69.7 Å². The number of hydrogen-bond donors (Lipinski definition) is 6. The monoisotopic (exact) mass is 548 g/mol. The van der Waals surface area contributed by atoms with Crippen molar-refractivity contribution in [3.8, 4) is 5.75 Å². The number of ketones is 2. The van der Waals surface area contributed by atoms with Crippen molar-refractivity contribution in [2.24, 2.45) is 17.6 Å². The van der Waals surface area contributed by atoms with Crippen molar-refractivity contribution < 1.29 is 39.6 Å². The maximum absolute atomic E-state index is 13.8. The molecule has 38 heavy (non-hydrogen) atoms. The van der Waals surface area contributed by atoms with E-state index in [0.29, 0.717) is 5.56 Å². The number of halogens is 1. The van der Waals surface area contributed by atoms with Crippen LogP contribution in [0.1, 0.15) is 17.5 Å². The summed E-state index contributed by atoms with van der Waals surface area (Å²) in [7, 11) is 6.39. The van der Waals surface area contributed by atoms with E-state index in [9.17, 15) is 39.6 Å². The summed E-state index contributed by atoms with van der Waals surface area (Å²) in [4.78, 5) is 54.3. The second-order valence-electron chi connectivity index (χ2n) is 10.4. The zero-order valence-corrected chi connectivity index (χ0v) is 22.0. The highest BCUT2D eigenvalue weighted by Gasteiger charge is 2.64. The van der Waals surface area contributed by atoms with E-state index in [-0.39, 0.29) is 41.2 Å². The summed E-state index contributed by atoms with van der Waals surface area (Å²) >= 11 is 6.35. The fourth-order valence-electron chi connectivity index (χ4n) is 5.85. The number of aliphatic hydroxyl groups excluding tert-OH is 2. The molecule has 3 aliphatic carbocycles. The van der Waals surface area contributed by atoms with Crippen molar-refractivity contribution in [2.75, 3.05) is 40.1 Å². The number of Topliss-reactive ketones (excluding diaryl/α,β-unsaturated/α-hetero) is 2. The Hall–Kier alpha value is -3.45. The molecule has 0 radical (unpaired) electrons. The number of phenolic OH excluding ortho intramolecular Hbond substituents is 1. The Balaban J connectivity index is 1.89. The largest absolute Gasteiger partial charge is 0.508 e. The van der Waals surface area contributed by atoms with Crippen LogP contribution in [0.5, 0.6) is 5.75 Å². The van der Waals surface area contributed by atoms with Gasteiger partial charge in [-0.1, -0.05) is 11.6 Å². The molecule has 0 spiro atoms. The lowest BCUT2D eigenvalue weighted by molar-refractivity contribution is -0.153. The van der Waals surface area contributed by atoms with Crippen LogP contribution in [0.15, 0.2) is 23.0 Å². The number of fused-ring (bicyclic) bond motifs is 3. The summed E-state index contributed by atoms with van der Waals surface area (Å²) in [5.74, 6) is -8.04. The van der Waals surface area contributed by atoms with Crippen molar-refractivity contribution in [2.45, 2.75) is 24.5 Å². The van der Waals surface area contributed by atoms with Crippen LogP contribution in [0.25, 0.3) is 5.76 Å². The molecule has 7 N–H and O–H groups in total. The first-order valence-electron chi connectivity index (χ1n) is 11.8. The molecule has 1 aromatic rings. The van der Waals surface area contributed by atoms with Crippen molar-refractivity contribution in [1.82, 2.24) is 9.80 Å². The molecule has 1 fully saturated rings. The second kappa shape index (κ2) is 9.38. The van der Waals surface area contributed by atoms with Crippen molar-refractivity contribution in [3.05, 3.63) is 39.1 Å². The van der Waals surface area contributed by atoms with E-state index in [4.69, 9.17) is 17.3 Å². The summed E-state index contributed by atoms with van der Waals surface area (Å²) in [6.07, 6.45) is 0.0548. The van der Waals surface area contributed by atoms with Crippen LogP contribution in [-0.2, 0) is 25.6 Å². The number of carbonyl (C=O) groups excluding carboxylic acids is 4. The number of amides is 2. The summed E-state index contributed by atoms with van der Waals surface area (Å²) < 4.78 is 0. The molecule has 4 atom stereocenters. The topological polar surface area (TPSA) is 194 Å². The van der Waals surface area contributed by atoms with Gasteiger partial charge in [0.2, 0.25) is 11.7 Å². The summed E-state index contributed by atoms with van der Waals surface area (Å²) in [6, 6.07) is 0.289. The molecule has 3 unspecified atom stereocenters. The van der Waals surface area contributed by atoms with Crippen molar-refractivity contribution in [3.63, 3.8) is 0 Å². The average molecular weight is 549 g/mol. The van der Waals surface area contributed by atoms with Gasteiger partial charge in [0.1, 0.15) is 22.8 Å². The number of nitrogens with one attached hydrogen (secondary N) is 1. The number of carbonyl (C=O) groups is 4. The third-order valence-electron chi connectivity index (χ3n) is 7.39. The molecule has 0 heterocycles. The number of aromatic hydroxyl groups is 1. The number of nitrogens with zero attached hydrogens (tertiary/aromatic N) is 2. The molecule has 12 nitrogen and oxygen atoms in total. The first-order valence-corrected chi connectivity index (χ1v) is 12.1. The van der Waals surface area contributed by atoms with Crippen LogP contribution in [0.2, 0.25) is 5.02 Å². The van der Waals surface area contributed by atoms with Crippen molar-refractivity contribution in [1.29, 1.82) is 0 Å². The molecule has 204 valence electrons. The third kappa shape index (κ3) is 3.95. The molecule has 0 saturated heterocycles. The molecule has 1 saturated carbocycles. The Morgan fingerprint density at radius 2 is 1.82 bits per heavy atom. The number of phenols is 1. The predicted octanol–water partition coefficient (Wildman–Crippen LogP) is 0.118. The van der Waals surface area contributed by atoms with Crippen LogP contribution < -0.4 is 11.1 Å². The van der Waals surface area contributed by atoms with Gasteiger partial charge in [-0.25, -0.2) is 0 Å². The molecule has 0 aliphatic heterocycles. The van der Waals surface area contributed by atoms with E-state index in [2.05, 4.69) is 5.32 Å². The minimum Gasteiger partial charge on any atom is -0.508 e. The van der Waals surface area contributed by atoms with Gasteiger partial charge in [0.15, 0.2) is 17.1 Å². The molecule has 2 amide bonds. The Labute approximate surface area is 223 Å². The maximum atomic E-state index is 13.8. The summed E-state index contributed by atoms with van der Waals surface area (Å²) in [5, 5.41) is 47.2. The van der Waals surface area contributed by atoms with E-state index in [0.717, 1.165) is 0 Å². The lowest BCUT2D eigenvalue weighted by Crippen LogP contribution is -2.65. The van der Waals surface area contributed by atoms with Crippen LogP contribution in [0, 0.1) is 11.8 Å². The third-order valence-corrected chi connectivity index (χ3v) is 7.69. The zero-order valence-electron chi connectivity index (χ0n) is 21.2. The van der Waals surface area contributed by atoms with Gasteiger partial charge in [-0.2, -0.15) is 0 Å². The molecule has 1 aromatic carbocycles. The molecular formula is C25H29ClN4O8. The van der Waals surface area contributed by atoms with Gasteiger partial charge in [-0.3, -0.25) is 24.1 Å². The Morgan fingerprint density at radius 1 is 1.18 bits per heavy atom. The lowest BCUT2D eigenvalue weighted by Gasteiger charge is -2.50. The number of nitrogens with two attached hydrogens (primary N) is 1. The Kier molecular flexibility index (Phi) is 6.81. The summed E-state index contributed by atoms with van der Waals surface area (Å²) in [6.45, 7) is -0.0194. The summed E-state index contributed by atoms with van der Waals surface area (Å²) in [5.41, 5.74) is 1.46. The van der Waals surface area contributed by atoms with Crippen LogP contribution in [0.3, 0.4) is 0 Å². The van der Waals surface area contributed by atoms with E-state index in [1.165, 1.54) is 25.1 Å². The zero-order chi connectivity index (χ0) is 28.4. The number of benzene rings is 1. The highest BCUT2D eigenvalue weighted by molar-refractivity contribution is 6.34. The van der Waals surface area contributed by atoms with Gasteiger partial charge in [-0.15, -0.1) is 0 Å². The fraction of sp³-hybridized carbons (Fsp3) is 0.440. The maximum Gasteiger partial charge on any atom is 0.255 e. The number of rotatable bonds is 5. The van der Waals surface area contributed by atoms with Gasteiger partial charge >= 0.3 is 0 Å². The van der Waals surface area contributed by atoms with Crippen molar-refractivity contribution >= 4 is 46.4 Å². The Morgan fingerprint density at radius 3 is 2.37 bits per heavy atom. The standard InChI is InChI=1S/C25H29ClN4O8/c1-29(2)8-13(31)28-17-12(26)7-10-5-9-6-11-18(30(3)4)21(34)16(24(27)37)23(36)25(11,38)22(35)15(9)19(32)14(10)20(17)33/h7,9,11,18,32-33,36,38H,5-6,8H2,1-4H3,(H2,27,37)(H,28,31)/t9?,11?,18-,25?/m0/s1. The molecule has 3 aliphatic rings. The first-order chi connectivity index (χ1) is 17.6. The Bertz CT molecular complexity index is 1350. The minimum absolute atomic E-state index is 0.00828. The van der Waals surface area contributed by atoms with E-state index in [1.54, 1.807) is 19.0 Å². The van der Waals surface area contributed by atoms with Gasteiger partial charge in [0.25, 0.3) is 5.91 Å². The lowest BCUT2D eigenvalue weighted by atomic mass is 9.57. The molecule has 0 bridgehead atoms. The normalized spacial score (nSPS) is 26.9. The SMILES string of the molecule is CN(C)CC(=O)Nc1c(Cl)cc2c(c1O)C(O)=C1C(=O)C3(O)C(O)=C(C(N)=O)C(=O)[C@@H](N(C)C)C3CC1C2. The first kappa shape index (κ1) is 27.6. The van der Waals surface area contributed by atoms with Gasteiger partial charge in [-0.05, 0) is 58.6 Å². The van der Waals surface area contributed by atoms with Gasteiger partial charge < -0.3 is 36.4 Å². The smallest absolute Gasteiger partial charge is 0.255 e. The van der Waals surface area contributed by atoms with Crippen LogP contribution in [0.4, 0.5) is 5.69 Å². The van der Waals surface area contributed by atoms with Gasteiger partial charge in [0, 0.05) is 11.5 Å². The number of likely N-dealkylation sites (N-methyl/N-ethyl adjacent to an activating group) is 2. The quantitative estimate of drug-likeness (QED) is 0.217. The number of hydrogen-bond acceptors (Lipinski definition) is 10. The predicted molar refractivity (Wildman–Crippen MR) is 136 cm³/mol. The average Bonchev–Trinajstić information content (AvgIpc) is 2.78. The molecule has 4 rings (SSSR count). The number of anilines is 1. The highest BCUT2D eigenvalue weighted by Crippen LogP contribution is 2.54. The van der Waals surface area contributed by atoms with Gasteiger partial charge in [0.05, 0.1) is 23.2 Å². The van der Waals surface area contributed by atoms with E-state index >= 15 is 0 Å². The van der Waals surface area contributed by atoms with Crippen LogP contribution in [-0.4, -0.2) is 100.0 Å². The fourth-order valence-corrected chi connectivity index (χ4v) is 6.12. The minimum atomic E-state index is -2.73. The molecular weight excluding hydrogens is 520 g/mol. The number of primary amides is 1. The molecule has 0 aromatic heterocycles. The second-order valence-corrected chi connectivity index (χ2v) is 10.8. The number of aliphatic hydroxyl groups is 3. The van der Waals surface area contributed by atoms with Crippen LogP contribution >= 0.6 is 11.6 Å². The molecule has 13 heteroatoms. The van der Waals surface area contributed by atoms with E-state index in [1.807, 2.05) is 0 Å².